The third kappa shape index (κ3) is 2.28. The van der Waals surface area contributed by atoms with E-state index in [4.69, 9.17) is 0 Å². The average molecular weight is 257 g/mol. The lowest BCUT2D eigenvalue weighted by Crippen LogP contribution is -2.49. The molecular weight excluding hydrogens is 234 g/mol. The Morgan fingerprint density at radius 3 is 2.84 bits per heavy atom. The van der Waals surface area contributed by atoms with Gasteiger partial charge in [0.25, 0.3) is 0 Å². The van der Waals surface area contributed by atoms with Gasteiger partial charge in [0.15, 0.2) is 0 Å². The van der Waals surface area contributed by atoms with Crippen molar-refractivity contribution in [2.45, 2.75) is 26.3 Å². The number of hydrogen-bond donors (Lipinski definition) is 2. The molecule has 2 aromatic rings. The monoisotopic (exact) mass is 257 g/mol. The fourth-order valence-corrected chi connectivity index (χ4v) is 3.17. The van der Waals surface area contributed by atoms with E-state index in [1.807, 2.05) is 0 Å². The Morgan fingerprint density at radius 2 is 2.11 bits per heavy atom. The van der Waals surface area contributed by atoms with Crippen molar-refractivity contribution in [2.24, 2.45) is 7.05 Å². The van der Waals surface area contributed by atoms with Crippen LogP contribution in [0.5, 0.6) is 0 Å². The van der Waals surface area contributed by atoms with Gasteiger partial charge >= 0.3 is 0 Å². The summed E-state index contributed by atoms with van der Waals surface area (Å²) in [6.07, 6.45) is 3.40. The number of fused-ring (bicyclic) bond motifs is 1. The second kappa shape index (κ2) is 4.99. The second-order valence-electron chi connectivity index (χ2n) is 5.73. The van der Waals surface area contributed by atoms with E-state index < -0.39 is 0 Å². The molecule has 1 unspecified atom stereocenters. The predicted molar refractivity (Wildman–Crippen MR) is 80.8 cm³/mol. The van der Waals surface area contributed by atoms with Crippen LogP contribution in [0, 0.1) is 13.8 Å². The van der Waals surface area contributed by atoms with Gasteiger partial charge in [0.2, 0.25) is 0 Å². The minimum atomic E-state index is 0.556. The summed E-state index contributed by atoms with van der Waals surface area (Å²) < 4.78 is 2.28. The smallest absolute Gasteiger partial charge is 0.0512 e. The van der Waals surface area contributed by atoms with Crippen LogP contribution in [0.15, 0.2) is 18.3 Å². The number of rotatable bonds is 2. The first-order valence-corrected chi connectivity index (χ1v) is 7.15. The van der Waals surface area contributed by atoms with E-state index in [0.29, 0.717) is 6.04 Å². The van der Waals surface area contributed by atoms with Crippen LogP contribution in [0.2, 0.25) is 0 Å². The number of benzene rings is 1. The Bertz CT molecular complexity index is 592. The van der Waals surface area contributed by atoms with Crippen LogP contribution in [0.1, 0.15) is 16.7 Å². The van der Waals surface area contributed by atoms with Crippen LogP contribution in [-0.2, 0) is 13.5 Å². The third-order valence-electron chi connectivity index (χ3n) is 4.34. The fraction of sp³-hybridized carbons (Fsp3) is 0.500. The molecule has 3 nitrogen and oxygen atoms in total. The lowest BCUT2D eigenvalue weighted by atomic mass is 10.0. The molecule has 1 aromatic carbocycles. The molecular formula is C16H23N3. The van der Waals surface area contributed by atoms with Crippen LogP contribution < -0.4 is 10.6 Å². The zero-order valence-corrected chi connectivity index (χ0v) is 12.1. The highest BCUT2D eigenvalue weighted by Gasteiger charge is 2.16. The summed E-state index contributed by atoms with van der Waals surface area (Å²) in [5.74, 6) is 0. The van der Waals surface area contributed by atoms with Gasteiger partial charge in [0, 0.05) is 44.3 Å². The molecule has 2 N–H and O–H groups in total. The molecule has 3 rings (SSSR count). The Kier molecular flexibility index (Phi) is 3.33. The largest absolute Gasteiger partial charge is 0.350 e. The van der Waals surface area contributed by atoms with Crippen molar-refractivity contribution >= 4 is 10.9 Å². The fourth-order valence-electron chi connectivity index (χ4n) is 3.17. The molecule has 1 aliphatic heterocycles. The minimum absolute atomic E-state index is 0.556. The standard InChI is InChI=1S/C16H23N3/c1-11-4-5-15-13(8-14-9-17-6-7-18-14)10-19(3)16(15)12(11)2/h4-5,10,14,17-18H,6-9H2,1-3H3. The summed E-state index contributed by atoms with van der Waals surface area (Å²) >= 11 is 0. The van der Waals surface area contributed by atoms with E-state index in [9.17, 15) is 0 Å². The number of aromatic nitrogens is 1. The Morgan fingerprint density at radius 1 is 1.26 bits per heavy atom. The minimum Gasteiger partial charge on any atom is -0.350 e. The van der Waals surface area contributed by atoms with Gasteiger partial charge in [-0.25, -0.2) is 0 Å². The quantitative estimate of drug-likeness (QED) is 0.860. The highest BCUT2D eigenvalue weighted by molar-refractivity contribution is 5.87. The van der Waals surface area contributed by atoms with E-state index in [0.717, 1.165) is 26.1 Å². The maximum atomic E-state index is 3.60. The Balaban J connectivity index is 1.98. The zero-order chi connectivity index (χ0) is 13.4. The normalized spacial score (nSPS) is 20.1. The van der Waals surface area contributed by atoms with Crippen molar-refractivity contribution in [2.75, 3.05) is 19.6 Å². The van der Waals surface area contributed by atoms with Crippen LogP contribution in [0.25, 0.3) is 10.9 Å². The van der Waals surface area contributed by atoms with Crippen LogP contribution in [0.3, 0.4) is 0 Å². The number of aryl methyl sites for hydroxylation is 3. The van der Waals surface area contributed by atoms with Gasteiger partial charge in [-0.3, -0.25) is 0 Å². The molecule has 0 spiro atoms. The van der Waals surface area contributed by atoms with E-state index in [2.05, 4.69) is 54.4 Å². The topological polar surface area (TPSA) is 29.0 Å². The third-order valence-corrected chi connectivity index (χ3v) is 4.34. The summed E-state index contributed by atoms with van der Waals surface area (Å²) in [5.41, 5.74) is 5.62. The summed E-state index contributed by atoms with van der Waals surface area (Å²) in [4.78, 5) is 0. The lowest BCUT2D eigenvalue weighted by Gasteiger charge is -2.24. The average Bonchev–Trinajstić information content (AvgIpc) is 2.72. The molecule has 0 amide bonds. The number of hydrogen-bond acceptors (Lipinski definition) is 2. The lowest BCUT2D eigenvalue weighted by molar-refractivity contribution is 0.417. The molecule has 1 fully saturated rings. The first-order valence-electron chi connectivity index (χ1n) is 7.15. The van der Waals surface area contributed by atoms with Gasteiger partial charge in [-0.05, 0) is 37.0 Å². The second-order valence-corrected chi connectivity index (χ2v) is 5.73. The van der Waals surface area contributed by atoms with Crippen LogP contribution in [0.4, 0.5) is 0 Å². The number of nitrogens with one attached hydrogen (secondary N) is 2. The van der Waals surface area contributed by atoms with Crippen LogP contribution >= 0.6 is 0 Å². The highest BCUT2D eigenvalue weighted by Crippen LogP contribution is 2.26. The molecule has 1 aliphatic rings. The molecule has 1 atom stereocenters. The summed E-state index contributed by atoms with van der Waals surface area (Å²) in [5, 5.41) is 8.47. The first-order chi connectivity index (χ1) is 9.16. The predicted octanol–water partition coefficient (Wildman–Crippen LogP) is 1.90. The Labute approximate surface area is 115 Å². The van der Waals surface area contributed by atoms with Gasteiger partial charge in [0.1, 0.15) is 0 Å². The van der Waals surface area contributed by atoms with Crippen LogP contribution in [-0.4, -0.2) is 30.2 Å². The van der Waals surface area contributed by atoms with Crippen molar-refractivity contribution in [3.05, 3.63) is 35.0 Å². The molecule has 0 bridgehead atoms. The SMILES string of the molecule is Cc1ccc2c(CC3CNCCN3)cn(C)c2c1C. The number of piperazine rings is 1. The maximum Gasteiger partial charge on any atom is 0.0512 e. The van der Waals surface area contributed by atoms with Gasteiger partial charge in [-0.2, -0.15) is 0 Å². The summed E-state index contributed by atoms with van der Waals surface area (Å²) in [6, 6.07) is 5.08. The van der Waals surface area contributed by atoms with Gasteiger partial charge < -0.3 is 15.2 Å². The number of nitrogens with zero attached hydrogens (tertiary/aromatic N) is 1. The first kappa shape index (κ1) is 12.7. The van der Waals surface area contributed by atoms with Gasteiger partial charge in [0.05, 0.1) is 5.52 Å². The van der Waals surface area contributed by atoms with E-state index in [1.165, 1.54) is 27.6 Å². The van der Waals surface area contributed by atoms with Gasteiger partial charge in [-0.1, -0.05) is 12.1 Å². The molecule has 1 aromatic heterocycles. The summed E-state index contributed by atoms with van der Waals surface area (Å²) in [7, 11) is 2.16. The van der Waals surface area contributed by atoms with Crippen molar-refractivity contribution in [3.63, 3.8) is 0 Å². The molecule has 102 valence electrons. The molecule has 2 heterocycles. The van der Waals surface area contributed by atoms with E-state index in [-0.39, 0.29) is 0 Å². The zero-order valence-electron chi connectivity index (χ0n) is 12.1. The van der Waals surface area contributed by atoms with Crippen molar-refractivity contribution in [1.82, 2.24) is 15.2 Å². The van der Waals surface area contributed by atoms with Crippen molar-refractivity contribution in [3.8, 4) is 0 Å². The van der Waals surface area contributed by atoms with Crippen molar-refractivity contribution in [1.29, 1.82) is 0 Å². The molecule has 0 radical (unpaired) electrons. The molecule has 0 aliphatic carbocycles. The van der Waals surface area contributed by atoms with E-state index in [1.54, 1.807) is 0 Å². The molecule has 1 saturated heterocycles. The van der Waals surface area contributed by atoms with E-state index >= 15 is 0 Å². The molecule has 3 heteroatoms. The maximum absolute atomic E-state index is 3.60. The molecule has 0 saturated carbocycles. The Hall–Kier alpha value is -1.32. The van der Waals surface area contributed by atoms with Gasteiger partial charge in [-0.15, -0.1) is 0 Å². The van der Waals surface area contributed by atoms with Crippen molar-refractivity contribution < 1.29 is 0 Å². The summed E-state index contributed by atoms with van der Waals surface area (Å²) in [6.45, 7) is 7.65. The molecule has 19 heavy (non-hydrogen) atoms. The highest BCUT2D eigenvalue weighted by atomic mass is 15.1.